The van der Waals surface area contributed by atoms with Crippen LogP contribution in [0.1, 0.15) is 0 Å². The standard InChI is InChI=1S/C4H7I2NO/c1-7(3-6)4(8)2-5/h2-3H2,1H3. The number of nitrogens with zero attached hydrogens (tertiary/aromatic N) is 1. The number of alkyl halides is 2. The lowest BCUT2D eigenvalue weighted by atomic mass is 10.6. The van der Waals surface area contributed by atoms with Crippen molar-refractivity contribution >= 4 is 51.1 Å². The second-order valence-electron chi connectivity index (χ2n) is 1.34. The van der Waals surface area contributed by atoms with Gasteiger partial charge in [-0.1, -0.05) is 45.2 Å². The van der Waals surface area contributed by atoms with E-state index in [1.165, 1.54) is 0 Å². The average molecular weight is 339 g/mol. The van der Waals surface area contributed by atoms with Gasteiger partial charge in [-0.3, -0.25) is 4.79 Å². The Morgan fingerprint density at radius 1 is 1.62 bits per heavy atom. The van der Waals surface area contributed by atoms with Gasteiger partial charge in [-0.2, -0.15) is 0 Å². The number of amides is 1. The number of rotatable bonds is 2. The van der Waals surface area contributed by atoms with Crippen LogP contribution in [0.25, 0.3) is 0 Å². The first-order valence-electron chi connectivity index (χ1n) is 2.08. The number of hydrogen-bond acceptors (Lipinski definition) is 1. The molecule has 0 heterocycles. The molecule has 0 saturated heterocycles. The third kappa shape index (κ3) is 3.06. The third-order valence-electron chi connectivity index (χ3n) is 0.719. The Kier molecular flexibility index (Phi) is 5.33. The van der Waals surface area contributed by atoms with E-state index < -0.39 is 0 Å². The molecular formula is C4H7I2NO. The van der Waals surface area contributed by atoms with Crippen molar-refractivity contribution in [3.63, 3.8) is 0 Å². The Bertz CT molecular complexity index is 86.1. The van der Waals surface area contributed by atoms with Gasteiger partial charge in [-0.25, -0.2) is 0 Å². The predicted molar refractivity (Wildman–Crippen MR) is 50.5 cm³/mol. The van der Waals surface area contributed by atoms with Gasteiger partial charge >= 0.3 is 0 Å². The van der Waals surface area contributed by atoms with Crippen LogP contribution in [0.4, 0.5) is 0 Å². The lowest BCUT2D eigenvalue weighted by Crippen LogP contribution is -2.25. The van der Waals surface area contributed by atoms with Gasteiger partial charge in [0.25, 0.3) is 0 Å². The molecule has 0 aromatic heterocycles. The molecule has 0 aliphatic heterocycles. The maximum Gasteiger partial charge on any atom is 0.232 e. The van der Waals surface area contributed by atoms with E-state index in [0.29, 0.717) is 4.43 Å². The summed E-state index contributed by atoms with van der Waals surface area (Å²) in [6.07, 6.45) is 0. The van der Waals surface area contributed by atoms with Crippen molar-refractivity contribution in [2.24, 2.45) is 0 Å². The Labute approximate surface area is 76.3 Å². The Morgan fingerprint density at radius 2 is 2.12 bits per heavy atom. The van der Waals surface area contributed by atoms with E-state index in [1.807, 2.05) is 0 Å². The largest absolute Gasteiger partial charge is 0.336 e. The minimum atomic E-state index is 0.194. The smallest absolute Gasteiger partial charge is 0.232 e. The number of carbonyl (C=O) groups excluding carboxylic acids is 1. The molecule has 0 spiro atoms. The van der Waals surface area contributed by atoms with Gasteiger partial charge in [0.1, 0.15) is 0 Å². The molecule has 1 amide bonds. The van der Waals surface area contributed by atoms with E-state index in [1.54, 1.807) is 11.9 Å². The highest BCUT2D eigenvalue weighted by Crippen LogP contribution is 1.93. The summed E-state index contributed by atoms with van der Waals surface area (Å²) in [5, 5.41) is 0. The summed E-state index contributed by atoms with van der Waals surface area (Å²) in [6, 6.07) is 0. The maximum absolute atomic E-state index is 10.7. The predicted octanol–water partition coefficient (Wildman–Crippen LogP) is 1.27. The molecule has 0 aliphatic carbocycles. The zero-order chi connectivity index (χ0) is 6.57. The van der Waals surface area contributed by atoms with Crippen molar-refractivity contribution in [2.45, 2.75) is 0 Å². The van der Waals surface area contributed by atoms with Crippen LogP contribution in [-0.2, 0) is 4.79 Å². The van der Waals surface area contributed by atoms with Crippen LogP contribution < -0.4 is 0 Å². The molecule has 0 aromatic carbocycles. The van der Waals surface area contributed by atoms with E-state index in [4.69, 9.17) is 0 Å². The van der Waals surface area contributed by atoms with E-state index in [9.17, 15) is 4.79 Å². The molecule has 0 N–H and O–H groups in total. The van der Waals surface area contributed by atoms with Crippen molar-refractivity contribution in [1.29, 1.82) is 0 Å². The summed E-state index contributed by atoms with van der Waals surface area (Å²) in [6.45, 7) is 0. The molecule has 8 heavy (non-hydrogen) atoms. The van der Waals surface area contributed by atoms with E-state index >= 15 is 0 Å². The van der Waals surface area contributed by atoms with Gasteiger partial charge in [-0.05, 0) is 0 Å². The van der Waals surface area contributed by atoms with Crippen LogP contribution in [0.2, 0.25) is 0 Å². The highest BCUT2D eigenvalue weighted by Gasteiger charge is 2.01. The van der Waals surface area contributed by atoms with Gasteiger partial charge in [-0.15, -0.1) is 0 Å². The summed E-state index contributed by atoms with van der Waals surface area (Å²) < 4.78 is 1.36. The fraction of sp³-hybridized carbons (Fsp3) is 0.750. The van der Waals surface area contributed by atoms with Crippen molar-refractivity contribution in [3.8, 4) is 0 Å². The number of carbonyl (C=O) groups is 1. The van der Waals surface area contributed by atoms with Crippen molar-refractivity contribution < 1.29 is 4.79 Å². The molecule has 0 saturated carbocycles. The second-order valence-corrected chi connectivity index (χ2v) is 2.79. The van der Waals surface area contributed by atoms with Crippen molar-refractivity contribution in [1.82, 2.24) is 4.90 Å². The Balaban J connectivity index is 3.46. The van der Waals surface area contributed by atoms with E-state index in [2.05, 4.69) is 45.2 Å². The van der Waals surface area contributed by atoms with Crippen molar-refractivity contribution in [3.05, 3.63) is 0 Å². The zero-order valence-electron chi connectivity index (χ0n) is 4.53. The number of halogens is 2. The molecule has 2 nitrogen and oxygen atoms in total. The first-order valence-corrected chi connectivity index (χ1v) is 5.13. The van der Waals surface area contributed by atoms with Gasteiger partial charge < -0.3 is 4.90 Å². The monoisotopic (exact) mass is 339 g/mol. The topological polar surface area (TPSA) is 20.3 Å². The van der Waals surface area contributed by atoms with Gasteiger partial charge in [0.2, 0.25) is 5.91 Å². The van der Waals surface area contributed by atoms with Gasteiger partial charge in [0.15, 0.2) is 0 Å². The van der Waals surface area contributed by atoms with Crippen LogP contribution in [0, 0.1) is 0 Å². The molecule has 0 atom stereocenters. The molecule has 0 aliphatic rings. The van der Waals surface area contributed by atoms with Crippen LogP contribution >= 0.6 is 45.2 Å². The molecule has 0 bridgehead atoms. The molecule has 48 valence electrons. The fourth-order valence-electron chi connectivity index (χ4n) is 0.169. The Morgan fingerprint density at radius 3 is 2.25 bits per heavy atom. The van der Waals surface area contributed by atoms with E-state index in [0.717, 1.165) is 4.55 Å². The lowest BCUT2D eigenvalue weighted by molar-refractivity contribution is -0.125. The lowest BCUT2D eigenvalue weighted by Gasteiger charge is -2.09. The summed E-state index contributed by atoms with van der Waals surface area (Å²) in [7, 11) is 1.80. The summed E-state index contributed by atoms with van der Waals surface area (Å²) in [5.74, 6) is 0.194. The minimum absolute atomic E-state index is 0.194. The van der Waals surface area contributed by atoms with Gasteiger partial charge in [0.05, 0.1) is 8.98 Å². The molecule has 0 fully saturated rings. The fourth-order valence-corrected chi connectivity index (χ4v) is 1.13. The van der Waals surface area contributed by atoms with Crippen LogP contribution in [0.3, 0.4) is 0 Å². The summed E-state index contributed by atoms with van der Waals surface area (Å²) in [5.41, 5.74) is 0. The summed E-state index contributed by atoms with van der Waals surface area (Å²) in [4.78, 5) is 12.3. The number of hydrogen-bond donors (Lipinski definition) is 0. The molecule has 0 aromatic rings. The molecule has 0 rings (SSSR count). The van der Waals surface area contributed by atoms with Crippen molar-refractivity contribution in [2.75, 3.05) is 16.0 Å². The highest BCUT2D eigenvalue weighted by molar-refractivity contribution is 14.1. The third-order valence-corrected chi connectivity index (χ3v) is 2.40. The van der Waals surface area contributed by atoms with Gasteiger partial charge in [0, 0.05) is 7.05 Å². The molecule has 0 radical (unpaired) electrons. The average Bonchev–Trinajstić information content (AvgIpc) is 1.84. The first-order chi connectivity index (χ1) is 3.72. The zero-order valence-corrected chi connectivity index (χ0v) is 8.84. The first kappa shape index (κ1) is 8.93. The van der Waals surface area contributed by atoms with Crippen LogP contribution in [0.15, 0.2) is 0 Å². The van der Waals surface area contributed by atoms with E-state index in [-0.39, 0.29) is 5.91 Å². The maximum atomic E-state index is 10.7. The minimum Gasteiger partial charge on any atom is -0.336 e. The normalized spacial score (nSPS) is 8.88. The van der Waals surface area contributed by atoms with Crippen LogP contribution in [0.5, 0.6) is 0 Å². The second kappa shape index (κ2) is 4.78. The SMILES string of the molecule is CN(CI)C(=O)CI. The van der Waals surface area contributed by atoms with Crippen LogP contribution in [-0.4, -0.2) is 26.8 Å². The quantitative estimate of drug-likeness (QED) is 0.422. The molecule has 0 unspecified atom stereocenters. The Hall–Kier alpha value is 0.930. The molecule has 4 heteroatoms. The molecular weight excluding hydrogens is 332 g/mol. The summed E-state index contributed by atoms with van der Waals surface area (Å²) >= 11 is 4.21. The highest BCUT2D eigenvalue weighted by atomic mass is 127.